The lowest BCUT2D eigenvalue weighted by Crippen LogP contribution is -2.09. The molecule has 6 nitrogen and oxygen atoms in total. The average Bonchev–Trinajstić information content (AvgIpc) is 3.11. The molecule has 0 saturated carbocycles. The molecule has 0 atom stereocenters. The van der Waals surface area contributed by atoms with Crippen molar-refractivity contribution in [3.63, 3.8) is 0 Å². The molecule has 0 radical (unpaired) electrons. The summed E-state index contributed by atoms with van der Waals surface area (Å²) in [5.41, 5.74) is 2.64. The van der Waals surface area contributed by atoms with Crippen molar-refractivity contribution in [1.82, 2.24) is 4.98 Å². The van der Waals surface area contributed by atoms with Gasteiger partial charge in [0.2, 0.25) is 5.88 Å². The van der Waals surface area contributed by atoms with E-state index < -0.39 is 5.97 Å². The molecule has 0 aliphatic heterocycles. The Morgan fingerprint density at radius 1 is 1.14 bits per heavy atom. The number of methoxy groups -OCH3 is 1. The summed E-state index contributed by atoms with van der Waals surface area (Å²) in [5.74, 6) is 0.220. The summed E-state index contributed by atoms with van der Waals surface area (Å²) < 4.78 is 16.7. The zero-order valence-corrected chi connectivity index (χ0v) is 16.4. The number of ketones is 1. The van der Waals surface area contributed by atoms with Gasteiger partial charge in [-0.15, -0.1) is 0 Å². The lowest BCUT2D eigenvalue weighted by Gasteiger charge is -2.16. The van der Waals surface area contributed by atoms with Gasteiger partial charge < -0.3 is 14.2 Å². The molecule has 4 rings (SSSR count). The molecule has 6 heteroatoms. The van der Waals surface area contributed by atoms with Gasteiger partial charge in [-0.25, -0.2) is 9.78 Å². The van der Waals surface area contributed by atoms with Crippen molar-refractivity contribution >= 4 is 22.5 Å². The molecule has 0 unspecified atom stereocenters. The summed E-state index contributed by atoms with van der Waals surface area (Å²) in [5, 5.41) is 1.32. The van der Waals surface area contributed by atoms with Crippen molar-refractivity contribution in [2.45, 2.75) is 26.4 Å². The Labute approximate surface area is 168 Å². The van der Waals surface area contributed by atoms with Crippen LogP contribution in [-0.2, 0) is 17.8 Å². The van der Waals surface area contributed by atoms with Gasteiger partial charge in [-0.05, 0) is 42.0 Å². The van der Waals surface area contributed by atoms with Crippen LogP contribution in [0.15, 0.2) is 42.5 Å². The Balaban J connectivity index is 1.88. The highest BCUT2D eigenvalue weighted by molar-refractivity contribution is 6.10. The molecule has 0 fully saturated rings. The van der Waals surface area contributed by atoms with Crippen LogP contribution in [0, 0.1) is 0 Å². The topological polar surface area (TPSA) is 74.7 Å². The number of fused-ring (bicyclic) bond motifs is 2. The van der Waals surface area contributed by atoms with E-state index in [-0.39, 0.29) is 24.0 Å². The fourth-order valence-corrected chi connectivity index (χ4v) is 3.62. The fourth-order valence-electron chi connectivity index (χ4n) is 3.62. The largest absolute Gasteiger partial charge is 0.487 e. The van der Waals surface area contributed by atoms with Gasteiger partial charge in [0.05, 0.1) is 24.7 Å². The van der Waals surface area contributed by atoms with E-state index in [1.807, 2.05) is 36.4 Å². The summed E-state index contributed by atoms with van der Waals surface area (Å²) in [4.78, 5) is 29.1. The molecule has 1 heterocycles. The van der Waals surface area contributed by atoms with E-state index in [0.29, 0.717) is 36.1 Å². The van der Waals surface area contributed by atoms with Crippen LogP contribution in [0.5, 0.6) is 11.6 Å². The minimum Gasteiger partial charge on any atom is -0.487 e. The molecule has 0 spiro atoms. The summed E-state index contributed by atoms with van der Waals surface area (Å²) in [6.45, 7) is 2.30. The summed E-state index contributed by atoms with van der Waals surface area (Å²) in [6, 6.07) is 13.3. The maximum atomic E-state index is 12.6. The monoisotopic (exact) mass is 391 g/mol. The standard InChI is InChI=1S/C23H21NO5/c1-3-28-23(26)17-12-16-11-15-9-10-18(25)19(15)21(20(16)22(24-17)27-2)29-13-14-7-5-4-6-8-14/h4-8,11-12H,3,9-10,13H2,1-2H3. The first kappa shape index (κ1) is 18.9. The molecule has 1 aliphatic carbocycles. The Bertz CT molecular complexity index is 1090. The van der Waals surface area contributed by atoms with E-state index in [0.717, 1.165) is 16.5 Å². The molecule has 1 aliphatic rings. The zero-order chi connectivity index (χ0) is 20.4. The lowest BCUT2D eigenvalue weighted by atomic mass is 10.0. The highest BCUT2D eigenvalue weighted by atomic mass is 16.5. The SMILES string of the molecule is CCOC(=O)c1cc2cc3c(c(OCc4ccccc4)c2c(OC)n1)C(=O)CC3. The van der Waals surface area contributed by atoms with Crippen LogP contribution in [0.25, 0.3) is 10.8 Å². The second-order valence-electron chi connectivity index (χ2n) is 6.77. The summed E-state index contributed by atoms with van der Waals surface area (Å²) in [6.07, 6.45) is 1.08. The predicted molar refractivity (Wildman–Crippen MR) is 108 cm³/mol. The molecule has 0 amide bonds. The number of Topliss-reactive ketones (excluding diaryl/α,β-unsaturated/α-hetero) is 1. The molecule has 0 bridgehead atoms. The van der Waals surface area contributed by atoms with Gasteiger partial charge in [0.25, 0.3) is 0 Å². The van der Waals surface area contributed by atoms with Gasteiger partial charge in [0.15, 0.2) is 11.5 Å². The fraction of sp³-hybridized carbons (Fsp3) is 0.261. The van der Waals surface area contributed by atoms with Crippen LogP contribution in [0.1, 0.15) is 45.3 Å². The number of rotatable bonds is 6. The van der Waals surface area contributed by atoms with E-state index in [9.17, 15) is 9.59 Å². The number of hydrogen-bond donors (Lipinski definition) is 0. The van der Waals surface area contributed by atoms with Crippen LogP contribution >= 0.6 is 0 Å². The first-order valence-corrected chi connectivity index (χ1v) is 9.54. The van der Waals surface area contributed by atoms with Gasteiger partial charge in [-0.1, -0.05) is 30.3 Å². The number of carbonyl (C=O) groups excluding carboxylic acids is 2. The number of ether oxygens (including phenoxy) is 3. The molecule has 3 aromatic rings. The molecule has 0 N–H and O–H groups in total. The predicted octanol–water partition coefficient (Wildman–Crippen LogP) is 4.13. The lowest BCUT2D eigenvalue weighted by molar-refractivity contribution is 0.0518. The molecule has 148 valence electrons. The third-order valence-corrected chi connectivity index (χ3v) is 4.93. The van der Waals surface area contributed by atoms with E-state index in [1.165, 1.54) is 7.11 Å². The number of aromatic nitrogens is 1. The van der Waals surface area contributed by atoms with Crippen LogP contribution in [0.3, 0.4) is 0 Å². The van der Waals surface area contributed by atoms with Gasteiger partial charge >= 0.3 is 5.97 Å². The quantitative estimate of drug-likeness (QED) is 0.588. The zero-order valence-electron chi connectivity index (χ0n) is 16.4. The normalized spacial score (nSPS) is 12.7. The average molecular weight is 391 g/mol. The highest BCUT2D eigenvalue weighted by Crippen LogP contribution is 2.42. The van der Waals surface area contributed by atoms with Gasteiger partial charge in [0.1, 0.15) is 12.4 Å². The minimum atomic E-state index is -0.518. The smallest absolute Gasteiger partial charge is 0.357 e. The summed E-state index contributed by atoms with van der Waals surface area (Å²) >= 11 is 0. The first-order valence-electron chi connectivity index (χ1n) is 9.54. The van der Waals surface area contributed by atoms with E-state index >= 15 is 0 Å². The van der Waals surface area contributed by atoms with Crippen molar-refractivity contribution in [3.05, 3.63) is 64.8 Å². The number of pyridine rings is 1. The van der Waals surface area contributed by atoms with Gasteiger partial charge in [-0.2, -0.15) is 0 Å². The summed E-state index contributed by atoms with van der Waals surface area (Å²) in [7, 11) is 1.48. The van der Waals surface area contributed by atoms with Crippen molar-refractivity contribution in [2.24, 2.45) is 0 Å². The highest BCUT2D eigenvalue weighted by Gasteiger charge is 2.29. The Hall–Kier alpha value is -3.41. The van der Waals surface area contributed by atoms with Crippen LogP contribution in [0.2, 0.25) is 0 Å². The van der Waals surface area contributed by atoms with Gasteiger partial charge in [0, 0.05) is 6.42 Å². The second kappa shape index (κ2) is 7.91. The molecule has 0 saturated heterocycles. The molecular weight excluding hydrogens is 370 g/mol. The maximum Gasteiger partial charge on any atom is 0.357 e. The van der Waals surface area contributed by atoms with E-state index in [2.05, 4.69) is 4.98 Å². The van der Waals surface area contributed by atoms with Crippen LogP contribution in [-0.4, -0.2) is 30.5 Å². The number of esters is 1. The van der Waals surface area contributed by atoms with Crippen molar-refractivity contribution < 1.29 is 23.8 Å². The van der Waals surface area contributed by atoms with Crippen molar-refractivity contribution in [3.8, 4) is 11.6 Å². The molecule has 2 aromatic carbocycles. The molecule has 1 aromatic heterocycles. The van der Waals surface area contributed by atoms with Crippen LogP contribution < -0.4 is 9.47 Å². The molecule has 29 heavy (non-hydrogen) atoms. The number of carbonyl (C=O) groups is 2. The van der Waals surface area contributed by atoms with Gasteiger partial charge in [-0.3, -0.25) is 4.79 Å². The number of aryl methyl sites for hydroxylation is 1. The third kappa shape index (κ3) is 3.53. The Morgan fingerprint density at radius 2 is 1.93 bits per heavy atom. The Morgan fingerprint density at radius 3 is 2.66 bits per heavy atom. The molecular formula is C23H21NO5. The number of hydrogen-bond acceptors (Lipinski definition) is 6. The van der Waals surface area contributed by atoms with E-state index in [4.69, 9.17) is 14.2 Å². The second-order valence-corrected chi connectivity index (χ2v) is 6.77. The Kier molecular flexibility index (Phi) is 5.16. The minimum absolute atomic E-state index is 0.0430. The first-order chi connectivity index (χ1) is 14.1. The van der Waals surface area contributed by atoms with E-state index in [1.54, 1.807) is 13.0 Å². The number of benzene rings is 2. The van der Waals surface area contributed by atoms with Crippen molar-refractivity contribution in [2.75, 3.05) is 13.7 Å². The third-order valence-electron chi connectivity index (χ3n) is 4.93. The van der Waals surface area contributed by atoms with Crippen molar-refractivity contribution in [1.29, 1.82) is 0 Å². The van der Waals surface area contributed by atoms with Crippen LogP contribution in [0.4, 0.5) is 0 Å². The maximum absolute atomic E-state index is 12.6. The number of nitrogens with zero attached hydrogens (tertiary/aromatic N) is 1.